The van der Waals surface area contributed by atoms with E-state index < -0.39 is 5.54 Å². The molecule has 0 radical (unpaired) electrons. The zero-order valence-corrected chi connectivity index (χ0v) is 13.1. The molecule has 106 valence electrons. The van der Waals surface area contributed by atoms with Crippen molar-refractivity contribution in [3.05, 3.63) is 0 Å². The molecule has 0 atom stereocenters. The fourth-order valence-corrected chi connectivity index (χ4v) is 3.43. The van der Waals surface area contributed by atoms with Gasteiger partial charge in [0.15, 0.2) is 0 Å². The first kappa shape index (κ1) is 15.5. The van der Waals surface area contributed by atoms with Crippen LogP contribution in [0.15, 0.2) is 0 Å². The van der Waals surface area contributed by atoms with Crippen LogP contribution in [0.4, 0.5) is 0 Å². The van der Waals surface area contributed by atoms with Crippen molar-refractivity contribution in [2.24, 2.45) is 10.8 Å². The molecule has 1 aliphatic rings. The molecule has 3 heteroatoms. The highest BCUT2D eigenvalue weighted by Crippen LogP contribution is 2.45. The second-order valence-corrected chi connectivity index (χ2v) is 7.96. The monoisotopic (exact) mass is 254 g/mol. The normalized spacial score (nSPS) is 23.7. The van der Waals surface area contributed by atoms with E-state index in [4.69, 9.17) is 0 Å². The molecule has 1 amide bonds. The molecule has 0 aromatic heterocycles. The molecular formula is C15H30N2O. The van der Waals surface area contributed by atoms with E-state index in [-0.39, 0.29) is 5.91 Å². The van der Waals surface area contributed by atoms with Gasteiger partial charge in [-0.3, -0.25) is 4.79 Å². The number of hydrogen-bond donors (Lipinski definition) is 2. The Hall–Kier alpha value is -0.570. The van der Waals surface area contributed by atoms with E-state index in [0.29, 0.717) is 16.9 Å². The highest BCUT2D eigenvalue weighted by Gasteiger charge is 2.40. The summed E-state index contributed by atoms with van der Waals surface area (Å²) in [5.41, 5.74) is 0.124. The van der Waals surface area contributed by atoms with Crippen LogP contribution in [0.3, 0.4) is 0 Å². The van der Waals surface area contributed by atoms with Crippen LogP contribution in [-0.2, 0) is 4.79 Å². The molecule has 0 heterocycles. The van der Waals surface area contributed by atoms with Crippen molar-refractivity contribution in [3.63, 3.8) is 0 Å². The van der Waals surface area contributed by atoms with Gasteiger partial charge >= 0.3 is 0 Å². The fraction of sp³-hybridized carbons (Fsp3) is 0.933. The Kier molecular flexibility index (Phi) is 4.16. The van der Waals surface area contributed by atoms with Gasteiger partial charge in [0.05, 0.1) is 5.54 Å². The summed E-state index contributed by atoms with van der Waals surface area (Å²) < 4.78 is 0. The second kappa shape index (κ2) is 4.84. The molecule has 0 unspecified atom stereocenters. The van der Waals surface area contributed by atoms with Gasteiger partial charge in [-0.05, 0) is 51.0 Å². The van der Waals surface area contributed by atoms with Crippen LogP contribution < -0.4 is 10.6 Å². The second-order valence-electron chi connectivity index (χ2n) is 7.96. The molecule has 0 aromatic rings. The van der Waals surface area contributed by atoms with Crippen LogP contribution in [0.1, 0.15) is 60.8 Å². The standard InChI is InChI=1S/C15H30N2O/c1-13(2)8-11(9-14(3,4)10-13)17-12(18)15(5,6)16-7/h11,16H,8-10H2,1-7H3,(H,17,18). The zero-order valence-electron chi connectivity index (χ0n) is 13.1. The van der Waals surface area contributed by atoms with E-state index in [9.17, 15) is 4.79 Å². The molecule has 2 N–H and O–H groups in total. The number of rotatable bonds is 3. The molecule has 0 spiro atoms. The zero-order chi connectivity index (χ0) is 14.2. The van der Waals surface area contributed by atoms with Gasteiger partial charge in [0.1, 0.15) is 0 Å². The van der Waals surface area contributed by atoms with Crippen LogP contribution in [0.2, 0.25) is 0 Å². The van der Waals surface area contributed by atoms with E-state index in [2.05, 4.69) is 38.3 Å². The molecule has 1 saturated carbocycles. The molecule has 0 aromatic carbocycles. The minimum atomic E-state index is -0.494. The summed E-state index contributed by atoms with van der Waals surface area (Å²) in [6.45, 7) is 13.0. The van der Waals surface area contributed by atoms with Crippen molar-refractivity contribution in [1.29, 1.82) is 0 Å². The van der Waals surface area contributed by atoms with Crippen LogP contribution in [0.5, 0.6) is 0 Å². The first-order valence-electron chi connectivity index (χ1n) is 6.97. The summed E-state index contributed by atoms with van der Waals surface area (Å²) >= 11 is 0. The Bertz CT molecular complexity index is 302. The van der Waals surface area contributed by atoms with Crippen molar-refractivity contribution in [3.8, 4) is 0 Å². The number of carbonyl (C=O) groups excluding carboxylic acids is 1. The maximum absolute atomic E-state index is 12.2. The van der Waals surface area contributed by atoms with Crippen molar-refractivity contribution in [2.75, 3.05) is 7.05 Å². The molecule has 1 rings (SSSR count). The lowest BCUT2D eigenvalue weighted by Gasteiger charge is -2.45. The van der Waals surface area contributed by atoms with Gasteiger partial charge < -0.3 is 10.6 Å². The fourth-order valence-electron chi connectivity index (χ4n) is 3.43. The van der Waals surface area contributed by atoms with Gasteiger partial charge in [-0.1, -0.05) is 27.7 Å². The van der Waals surface area contributed by atoms with E-state index in [0.717, 1.165) is 12.8 Å². The van der Waals surface area contributed by atoms with E-state index >= 15 is 0 Å². The lowest BCUT2D eigenvalue weighted by atomic mass is 9.63. The Labute approximate surface area is 112 Å². The van der Waals surface area contributed by atoms with Gasteiger partial charge in [0.2, 0.25) is 5.91 Å². The minimum absolute atomic E-state index is 0.100. The topological polar surface area (TPSA) is 41.1 Å². The first-order chi connectivity index (χ1) is 7.97. The Morgan fingerprint density at radius 1 is 1.11 bits per heavy atom. The number of carbonyl (C=O) groups is 1. The van der Waals surface area contributed by atoms with Gasteiger partial charge in [-0.2, -0.15) is 0 Å². The summed E-state index contributed by atoms with van der Waals surface area (Å²) in [4.78, 5) is 12.2. The quantitative estimate of drug-likeness (QED) is 0.813. The van der Waals surface area contributed by atoms with Gasteiger partial charge in [-0.25, -0.2) is 0 Å². The largest absolute Gasteiger partial charge is 0.352 e. The third-order valence-corrected chi connectivity index (χ3v) is 4.08. The predicted molar refractivity (Wildman–Crippen MR) is 76.5 cm³/mol. The summed E-state index contributed by atoms with van der Waals surface area (Å²) in [6.07, 6.45) is 3.37. The summed E-state index contributed by atoms with van der Waals surface area (Å²) in [7, 11) is 1.83. The van der Waals surface area contributed by atoms with Gasteiger partial charge in [0.25, 0.3) is 0 Å². The maximum Gasteiger partial charge on any atom is 0.239 e. The SMILES string of the molecule is CNC(C)(C)C(=O)NC1CC(C)(C)CC(C)(C)C1. The third kappa shape index (κ3) is 3.98. The molecule has 0 aliphatic heterocycles. The molecule has 1 fully saturated rings. The van der Waals surface area contributed by atoms with Crippen LogP contribution in [0, 0.1) is 10.8 Å². The average Bonchev–Trinajstić information content (AvgIpc) is 2.12. The Morgan fingerprint density at radius 2 is 1.56 bits per heavy atom. The maximum atomic E-state index is 12.2. The lowest BCUT2D eigenvalue weighted by molar-refractivity contribution is -0.127. The molecule has 0 saturated heterocycles. The van der Waals surface area contributed by atoms with Gasteiger partial charge in [-0.15, -0.1) is 0 Å². The molecule has 0 bridgehead atoms. The minimum Gasteiger partial charge on any atom is -0.352 e. The highest BCUT2D eigenvalue weighted by atomic mass is 16.2. The Morgan fingerprint density at radius 3 is 1.94 bits per heavy atom. The lowest BCUT2D eigenvalue weighted by Crippen LogP contribution is -2.56. The van der Waals surface area contributed by atoms with E-state index in [1.54, 1.807) is 0 Å². The van der Waals surface area contributed by atoms with Crippen molar-refractivity contribution >= 4 is 5.91 Å². The summed E-state index contributed by atoms with van der Waals surface area (Å²) in [6, 6.07) is 0.295. The van der Waals surface area contributed by atoms with Crippen molar-refractivity contribution in [1.82, 2.24) is 10.6 Å². The predicted octanol–water partition coefficient (Wildman–Crippen LogP) is 2.71. The van der Waals surface area contributed by atoms with E-state index in [1.165, 1.54) is 6.42 Å². The molecular weight excluding hydrogens is 224 g/mol. The summed E-state index contributed by atoms with van der Waals surface area (Å²) in [5.74, 6) is 0.100. The third-order valence-electron chi connectivity index (χ3n) is 4.08. The van der Waals surface area contributed by atoms with Crippen molar-refractivity contribution in [2.45, 2.75) is 72.4 Å². The number of amides is 1. The smallest absolute Gasteiger partial charge is 0.239 e. The van der Waals surface area contributed by atoms with E-state index in [1.807, 2.05) is 20.9 Å². The van der Waals surface area contributed by atoms with Crippen LogP contribution in [0.25, 0.3) is 0 Å². The molecule has 3 nitrogen and oxygen atoms in total. The number of hydrogen-bond acceptors (Lipinski definition) is 2. The summed E-state index contributed by atoms with van der Waals surface area (Å²) in [5, 5.41) is 6.28. The van der Waals surface area contributed by atoms with Gasteiger partial charge in [0, 0.05) is 6.04 Å². The highest BCUT2D eigenvalue weighted by molar-refractivity contribution is 5.85. The van der Waals surface area contributed by atoms with Crippen molar-refractivity contribution < 1.29 is 4.79 Å². The Balaban J connectivity index is 2.71. The average molecular weight is 254 g/mol. The first-order valence-corrected chi connectivity index (χ1v) is 6.97. The molecule has 1 aliphatic carbocycles. The van der Waals surface area contributed by atoms with Crippen LogP contribution in [-0.4, -0.2) is 24.5 Å². The van der Waals surface area contributed by atoms with Crippen LogP contribution >= 0.6 is 0 Å². The number of nitrogens with one attached hydrogen (secondary N) is 2. The number of likely N-dealkylation sites (N-methyl/N-ethyl adjacent to an activating group) is 1. The molecule has 18 heavy (non-hydrogen) atoms.